The van der Waals surface area contributed by atoms with Gasteiger partial charge in [0.25, 0.3) is 5.91 Å². The smallest absolute Gasteiger partial charge is 0.257 e. The first-order valence-electron chi connectivity index (χ1n) is 8.69. The fraction of sp³-hybridized carbons (Fsp3) is 0.0435. The van der Waals surface area contributed by atoms with Crippen molar-refractivity contribution in [2.24, 2.45) is 0 Å². The minimum atomic E-state index is -0.131. The first kappa shape index (κ1) is 17.2. The molecule has 27 heavy (non-hydrogen) atoms. The molecular formula is C23H18N2OS. The molecule has 0 fully saturated rings. The summed E-state index contributed by atoms with van der Waals surface area (Å²) in [6.07, 6.45) is 0. The van der Waals surface area contributed by atoms with Gasteiger partial charge in [-0.05, 0) is 29.7 Å². The molecule has 1 amide bonds. The number of amides is 1. The molecule has 1 N–H and O–H groups in total. The van der Waals surface area contributed by atoms with Crippen LogP contribution in [0.2, 0.25) is 0 Å². The van der Waals surface area contributed by atoms with Crippen molar-refractivity contribution in [3.8, 4) is 22.4 Å². The lowest BCUT2D eigenvalue weighted by Crippen LogP contribution is -2.12. The van der Waals surface area contributed by atoms with Gasteiger partial charge in [0.05, 0.1) is 5.69 Å². The first-order chi connectivity index (χ1) is 13.2. The van der Waals surface area contributed by atoms with Crippen molar-refractivity contribution in [1.82, 2.24) is 4.98 Å². The molecule has 0 aliphatic rings. The van der Waals surface area contributed by atoms with Crippen molar-refractivity contribution in [3.05, 3.63) is 95.4 Å². The van der Waals surface area contributed by atoms with Crippen LogP contribution in [0.1, 0.15) is 15.9 Å². The number of hydrogen-bond donors (Lipinski definition) is 1. The van der Waals surface area contributed by atoms with E-state index < -0.39 is 0 Å². The molecule has 3 nitrogen and oxygen atoms in total. The van der Waals surface area contributed by atoms with Crippen molar-refractivity contribution in [1.29, 1.82) is 0 Å². The maximum absolute atomic E-state index is 12.4. The molecule has 0 saturated heterocycles. The van der Waals surface area contributed by atoms with Gasteiger partial charge in [0.1, 0.15) is 0 Å². The number of aryl methyl sites for hydroxylation is 1. The van der Waals surface area contributed by atoms with Crippen molar-refractivity contribution in [2.75, 3.05) is 5.32 Å². The third kappa shape index (κ3) is 3.81. The standard InChI is InChI=1S/C23H18N2OS/c1-16-7-5-6-10-20(16)22(26)25-23-24-21(15-27-23)19-13-11-18(12-14-19)17-8-3-2-4-9-17/h2-15H,1H3,(H,24,25,26). The van der Waals surface area contributed by atoms with Gasteiger partial charge in [0.2, 0.25) is 0 Å². The fourth-order valence-electron chi connectivity index (χ4n) is 2.92. The van der Waals surface area contributed by atoms with Crippen LogP contribution in [0.15, 0.2) is 84.2 Å². The Labute approximate surface area is 162 Å². The van der Waals surface area contributed by atoms with E-state index in [0.717, 1.165) is 16.8 Å². The Bertz CT molecular complexity index is 1070. The number of rotatable bonds is 4. The predicted octanol–water partition coefficient (Wildman–Crippen LogP) is 6.04. The normalized spacial score (nSPS) is 10.6. The Hall–Kier alpha value is -3.24. The Balaban J connectivity index is 1.51. The zero-order valence-corrected chi connectivity index (χ0v) is 15.7. The Morgan fingerprint density at radius 2 is 1.44 bits per heavy atom. The zero-order chi connectivity index (χ0) is 18.6. The molecule has 0 saturated carbocycles. The maximum atomic E-state index is 12.4. The van der Waals surface area contributed by atoms with E-state index in [4.69, 9.17) is 0 Å². The molecule has 0 bridgehead atoms. The van der Waals surface area contributed by atoms with Crippen LogP contribution in [0.3, 0.4) is 0 Å². The number of nitrogens with one attached hydrogen (secondary N) is 1. The molecular weight excluding hydrogens is 352 g/mol. The zero-order valence-electron chi connectivity index (χ0n) is 14.8. The van der Waals surface area contributed by atoms with Gasteiger partial charge in [-0.3, -0.25) is 10.1 Å². The Kier molecular flexibility index (Phi) is 4.81. The highest BCUT2D eigenvalue weighted by Gasteiger charge is 2.11. The summed E-state index contributed by atoms with van der Waals surface area (Å²) >= 11 is 1.43. The van der Waals surface area contributed by atoms with Gasteiger partial charge >= 0.3 is 0 Å². The highest BCUT2D eigenvalue weighted by Crippen LogP contribution is 2.28. The van der Waals surface area contributed by atoms with Crippen molar-refractivity contribution >= 4 is 22.4 Å². The summed E-state index contributed by atoms with van der Waals surface area (Å²) in [5.41, 5.74) is 5.86. The summed E-state index contributed by atoms with van der Waals surface area (Å²) in [6.45, 7) is 1.93. The summed E-state index contributed by atoms with van der Waals surface area (Å²) in [5.74, 6) is -0.131. The minimum Gasteiger partial charge on any atom is -0.298 e. The van der Waals surface area contributed by atoms with Crippen LogP contribution in [-0.2, 0) is 0 Å². The van der Waals surface area contributed by atoms with E-state index in [1.54, 1.807) is 0 Å². The molecule has 4 rings (SSSR count). The Morgan fingerprint density at radius 3 is 2.19 bits per heavy atom. The number of thiazole rings is 1. The maximum Gasteiger partial charge on any atom is 0.257 e. The van der Waals surface area contributed by atoms with E-state index in [9.17, 15) is 4.79 Å². The van der Waals surface area contributed by atoms with E-state index in [0.29, 0.717) is 10.7 Å². The van der Waals surface area contributed by atoms with Crippen molar-refractivity contribution in [3.63, 3.8) is 0 Å². The van der Waals surface area contributed by atoms with Gasteiger partial charge in [-0.25, -0.2) is 4.98 Å². The number of hydrogen-bond acceptors (Lipinski definition) is 3. The van der Waals surface area contributed by atoms with E-state index >= 15 is 0 Å². The van der Waals surface area contributed by atoms with E-state index in [2.05, 4.69) is 46.7 Å². The van der Waals surface area contributed by atoms with E-state index in [1.165, 1.54) is 22.5 Å². The molecule has 0 unspecified atom stereocenters. The van der Waals surface area contributed by atoms with Crippen LogP contribution in [0.5, 0.6) is 0 Å². The topological polar surface area (TPSA) is 42.0 Å². The monoisotopic (exact) mass is 370 g/mol. The SMILES string of the molecule is Cc1ccccc1C(=O)Nc1nc(-c2ccc(-c3ccccc3)cc2)cs1. The lowest BCUT2D eigenvalue weighted by molar-refractivity contribution is 0.102. The van der Waals surface area contributed by atoms with E-state index in [-0.39, 0.29) is 5.91 Å². The molecule has 132 valence electrons. The summed E-state index contributed by atoms with van der Waals surface area (Å²) in [7, 11) is 0. The second-order valence-corrected chi connectivity index (χ2v) is 7.11. The second-order valence-electron chi connectivity index (χ2n) is 6.25. The lowest BCUT2D eigenvalue weighted by Gasteiger charge is -2.05. The van der Waals surface area contributed by atoms with Gasteiger partial charge in [-0.15, -0.1) is 11.3 Å². The van der Waals surface area contributed by atoms with Gasteiger partial charge in [-0.2, -0.15) is 0 Å². The molecule has 0 atom stereocenters. The summed E-state index contributed by atoms with van der Waals surface area (Å²) in [5, 5.41) is 5.46. The van der Waals surface area contributed by atoms with Gasteiger partial charge in [0.15, 0.2) is 5.13 Å². The van der Waals surface area contributed by atoms with E-state index in [1.807, 2.05) is 54.8 Å². The third-order valence-electron chi connectivity index (χ3n) is 4.40. The summed E-state index contributed by atoms with van der Waals surface area (Å²) in [4.78, 5) is 17.0. The fourth-order valence-corrected chi connectivity index (χ4v) is 3.63. The lowest BCUT2D eigenvalue weighted by atomic mass is 10.0. The van der Waals surface area contributed by atoms with Crippen LogP contribution in [-0.4, -0.2) is 10.9 Å². The van der Waals surface area contributed by atoms with Crippen LogP contribution in [0, 0.1) is 6.92 Å². The first-order valence-corrected chi connectivity index (χ1v) is 9.57. The number of anilines is 1. The average molecular weight is 370 g/mol. The van der Waals surface area contributed by atoms with Crippen molar-refractivity contribution in [2.45, 2.75) is 6.92 Å². The molecule has 4 aromatic rings. The van der Waals surface area contributed by atoms with Crippen LogP contribution in [0.4, 0.5) is 5.13 Å². The van der Waals surface area contributed by atoms with Gasteiger partial charge in [0, 0.05) is 16.5 Å². The van der Waals surface area contributed by atoms with Crippen LogP contribution >= 0.6 is 11.3 Å². The van der Waals surface area contributed by atoms with Crippen LogP contribution in [0.25, 0.3) is 22.4 Å². The second kappa shape index (κ2) is 7.56. The predicted molar refractivity (Wildman–Crippen MR) is 112 cm³/mol. The molecule has 0 radical (unpaired) electrons. The molecule has 1 heterocycles. The Morgan fingerprint density at radius 1 is 0.815 bits per heavy atom. The summed E-state index contributed by atoms with van der Waals surface area (Å²) in [6, 6.07) is 26.1. The molecule has 0 aliphatic carbocycles. The van der Waals surface area contributed by atoms with Crippen molar-refractivity contribution < 1.29 is 4.79 Å². The summed E-state index contributed by atoms with van der Waals surface area (Å²) < 4.78 is 0. The number of benzene rings is 3. The number of carbonyl (C=O) groups is 1. The highest BCUT2D eigenvalue weighted by molar-refractivity contribution is 7.14. The quantitative estimate of drug-likeness (QED) is 0.476. The molecule has 0 spiro atoms. The molecule has 1 aromatic heterocycles. The minimum absolute atomic E-state index is 0.131. The molecule has 3 aromatic carbocycles. The molecule has 4 heteroatoms. The number of aromatic nitrogens is 1. The average Bonchev–Trinajstić information content (AvgIpc) is 3.17. The third-order valence-corrected chi connectivity index (χ3v) is 5.16. The highest BCUT2D eigenvalue weighted by atomic mass is 32.1. The number of carbonyl (C=O) groups excluding carboxylic acids is 1. The molecule has 0 aliphatic heterocycles. The van der Waals surface area contributed by atoms with Gasteiger partial charge < -0.3 is 0 Å². The largest absolute Gasteiger partial charge is 0.298 e. The number of nitrogens with zero attached hydrogens (tertiary/aromatic N) is 1. The van der Waals surface area contributed by atoms with Crippen LogP contribution < -0.4 is 5.32 Å². The van der Waals surface area contributed by atoms with Gasteiger partial charge in [-0.1, -0.05) is 72.8 Å².